The lowest BCUT2D eigenvalue weighted by Gasteiger charge is -2.14. The Kier molecular flexibility index (Phi) is 4.19. The Hall–Kier alpha value is -1.92. The minimum Gasteiger partial charge on any atom is -0.480 e. The Morgan fingerprint density at radius 3 is 2.35 bits per heavy atom. The molecule has 0 aliphatic carbocycles. The van der Waals surface area contributed by atoms with Gasteiger partial charge in [0.25, 0.3) is 0 Å². The fourth-order valence-electron chi connectivity index (χ4n) is 1.46. The van der Waals surface area contributed by atoms with E-state index in [2.05, 4.69) is 5.32 Å². The lowest BCUT2D eigenvalue weighted by atomic mass is 10.3. The summed E-state index contributed by atoms with van der Waals surface area (Å²) in [6.07, 6.45) is 0.299. The lowest BCUT2D eigenvalue weighted by Crippen LogP contribution is -2.40. The van der Waals surface area contributed by atoms with Gasteiger partial charge in [0, 0.05) is 25.8 Å². The third-order valence-electron chi connectivity index (χ3n) is 2.47. The predicted molar refractivity (Wildman–Crippen MR) is 55.8 cm³/mol. The van der Waals surface area contributed by atoms with Crippen molar-refractivity contribution in [3.05, 3.63) is 0 Å². The van der Waals surface area contributed by atoms with Gasteiger partial charge in [0.2, 0.25) is 17.7 Å². The van der Waals surface area contributed by atoms with Crippen molar-refractivity contribution < 1.29 is 24.3 Å². The first-order valence-electron chi connectivity index (χ1n) is 5.27. The molecule has 0 bridgehead atoms. The lowest BCUT2D eigenvalue weighted by molar-refractivity contribution is -0.142. The van der Waals surface area contributed by atoms with Crippen molar-refractivity contribution in [1.29, 1.82) is 0 Å². The van der Waals surface area contributed by atoms with E-state index in [-0.39, 0.29) is 37.6 Å². The van der Waals surface area contributed by atoms with Crippen LogP contribution in [0.4, 0.5) is 0 Å². The topological polar surface area (TPSA) is 104 Å². The average molecular weight is 242 g/mol. The molecule has 1 heterocycles. The zero-order valence-electron chi connectivity index (χ0n) is 9.43. The largest absolute Gasteiger partial charge is 0.480 e. The number of likely N-dealkylation sites (tertiary alicyclic amines) is 1. The zero-order chi connectivity index (χ0) is 13.0. The van der Waals surface area contributed by atoms with Crippen molar-refractivity contribution in [2.45, 2.75) is 32.2 Å². The predicted octanol–water partition coefficient (Wildman–Crippen LogP) is -0.885. The van der Waals surface area contributed by atoms with Crippen molar-refractivity contribution >= 4 is 23.7 Å². The summed E-state index contributed by atoms with van der Waals surface area (Å²) in [4.78, 5) is 45.2. The number of nitrogens with one attached hydrogen (secondary N) is 1. The molecule has 0 saturated carbocycles. The van der Waals surface area contributed by atoms with Crippen LogP contribution in [0.15, 0.2) is 0 Å². The summed E-state index contributed by atoms with van der Waals surface area (Å²) in [6.45, 7) is 1.35. The van der Waals surface area contributed by atoms with E-state index in [1.54, 1.807) is 0 Å². The Morgan fingerprint density at radius 2 is 1.88 bits per heavy atom. The van der Waals surface area contributed by atoms with Gasteiger partial charge in [-0.15, -0.1) is 0 Å². The van der Waals surface area contributed by atoms with Crippen LogP contribution in [0.2, 0.25) is 0 Å². The fourth-order valence-corrected chi connectivity index (χ4v) is 1.46. The molecular formula is C10H14N2O5. The van der Waals surface area contributed by atoms with Crippen LogP contribution in [0.5, 0.6) is 0 Å². The van der Waals surface area contributed by atoms with Gasteiger partial charge in [0.15, 0.2) is 0 Å². The van der Waals surface area contributed by atoms with Crippen molar-refractivity contribution in [2.24, 2.45) is 0 Å². The van der Waals surface area contributed by atoms with Gasteiger partial charge in [-0.05, 0) is 6.92 Å². The number of hydrogen-bond acceptors (Lipinski definition) is 4. The van der Waals surface area contributed by atoms with Gasteiger partial charge in [-0.25, -0.2) is 0 Å². The van der Waals surface area contributed by atoms with Crippen LogP contribution >= 0.6 is 0 Å². The molecule has 7 heteroatoms. The molecule has 17 heavy (non-hydrogen) atoms. The van der Waals surface area contributed by atoms with Gasteiger partial charge < -0.3 is 10.4 Å². The Balaban J connectivity index is 2.35. The standard InChI is InChI=1S/C10H14N2O5/c1-6(10(16)17)11-7(13)4-5-12-8(14)2-3-9(12)15/h6H,2-5H2,1H3,(H,11,13)(H,16,17)/t6-/m0/s1. The molecule has 1 fully saturated rings. The molecule has 0 aromatic carbocycles. The number of carbonyl (C=O) groups excluding carboxylic acids is 3. The highest BCUT2D eigenvalue weighted by atomic mass is 16.4. The SMILES string of the molecule is C[C@H](NC(=O)CCN1C(=O)CCC1=O)C(=O)O. The molecule has 1 rings (SSSR count). The number of nitrogens with zero attached hydrogens (tertiary/aromatic N) is 1. The van der Waals surface area contributed by atoms with Gasteiger partial charge in [0.1, 0.15) is 6.04 Å². The van der Waals surface area contributed by atoms with Crippen molar-refractivity contribution in [3.8, 4) is 0 Å². The number of aliphatic carboxylic acids is 1. The Bertz CT molecular complexity index is 350. The summed E-state index contributed by atoms with van der Waals surface area (Å²) in [5.74, 6) is -2.19. The van der Waals surface area contributed by atoms with Crippen LogP contribution in [-0.4, -0.2) is 46.3 Å². The average Bonchev–Trinajstić information content (AvgIpc) is 2.56. The molecule has 0 radical (unpaired) electrons. The number of hydrogen-bond donors (Lipinski definition) is 2. The molecule has 0 aromatic heterocycles. The van der Waals surface area contributed by atoms with E-state index in [1.807, 2.05) is 0 Å². The third-order valence-corrected chi connectivity index (χ3v) is 2.47. The highest BCUT2D eigenvalue weighted by molar-refractivity contribution is 6.02. The van der Waals surface area contributed by atoms with Crippen LogP contribution in [0.25, 0.3) is 0 Å². The minimum atomic E-state index is -1.13. The summed E-state index contributed by atoms with van der Waals surface area (Å²) in [6, 6.07) is -0.979. The second-order valence-electron chi connectivity index (χ2n) is 3.82. The highest BCUT2D eigenvalue weighted by Crippen LogP contribution is 2.11. The van der Waals surface area contributed by atoms with Gasteiger partial charge in [-0.2, -0.15) is 0 Å². The maximum absolute atomic E-state index is 11.3. The second kappa shape index (κ2) is 5.42. The second-order valence-corrected chi connectivity index (χ2v) is 3.82. The van der Waals surface area contributed by atoms with E-state index in [0.717, 1.165) is 4.90 Å². The number of carbonyl (C=O) groups is 4. The van der Waals surface area contributed by atoms with E-state index in [9.17, 15) is 19.2 Å². The zero-order valence-corrected chi connectivity index (χ0v) is 9.43. The molecular weight excluding hydrogens is 228 g/mol. The molecule has 2 N–H and O–H groups in total. The third kappa shape index (κ3) is 3.54. The van der Waals surface area contributed by atoms with Gasteiger partial charge in [-0.3, -0.25) is 24.1 Å². The first-order valence-corrected chi connectivity index (χ1v) is 5.27. The number of amides is 3. The van der Waals surface area contributed by atoms with E-state index in [1.165, 1.54) is 6.92 Å². The molecule has 1 aliphatic rings. The van der Waals surface area contributed by atoms with E-state index in [0.29, 0.717) is 0 Å². The molecule has 7 nitrogen and oxygen atoms in total. The molecule has 0 aromatic rings. The molecule has 94 valence electrons. The van der Waals surface area contributed by atoms with Crippen LogP contribution in [0.1, 0.15) is 26.2 Å². The van der Waals surface area contributed by atoms with Crippen LogP contribution in [0, 0.1) is 0 Å². The van der Waals surface area contributed by atoms with Crippen molar-refractivity contribution in [2.75, 3.05) is 6.54 Å². The molecule has 1 atom stereocenters. The quantitative estimate of drug-likeness (QED) is 0.609. The number of carboxylic acids is 1. The van der Waals surface area contributed by atoms with E-state index in [4.69, 9.17) is 5.11 Å². The van der Waals surface area contributed by atoms with Crippen LogP contribution < -0.4 is 5.32 Å². The summed E-state index contributed by atoms with van der Waals surface area (Å²) in [7, 11) is 0. The van der Waals surface area contributed by atoms with Gasteiger partial charge >= 0.3 is 5.97 Å². The smallest absolute Gasteiger partial charge is 0.325 e. The molecule has 3 amide bonds. The molecule has 1 saturated heterocycles. The number of carboxylic acid groups (broad SMARTS) is 1. The van der Waals surface area contributed by atoms with Crippen molar-refractivity contribution in [1.82, 2.24) is 10.2 Å². The minimum absolute atomic E-state index is 0.00976. The fraction of sp³-hybridized carbons (Fsp3) is 0.600. The summed E-state index contributed by atoms with van der Waals surface area (Å²) in [5, 5.41) is 10.8. The summed E-state index contributed by atoms with van der Waals surface area (Å²) < 4.78 is 0. The Labute approximate surface area is 97.8 Å². The first-order chi connectivity index (χ1) is 7.91. The van der Waals surface area contributed by atoms with Gasteiger partial charge in [-0.1, -0.05) is 0 Å². The number of rotatable bonds is 5. The Morgan fingerprint density at radius 1 is 1.35 bits per heavy atom. The number of imide groups is 1. The molecule has 0 spiro atoms. The molecule has 0 unspecified atom stereocenters. The maximum atomic E-state index is 11.3. The highest BCUT2D eigenvalue weighted by Gasteiger charge is 2.29. The normalized spacial score (nSPS) is 17.1. The van der Waals surface area contributed by atoms with Crippen LogP contribution in [-0.2, 0) is 19.2 Å². The van der Waals surface area contributed by atoms with Crippen molar-refractivity contribution in [3.63, 3.8) is 0 Å². The maximum Gasteiger partial charge on any atom is 0.325 e. The van der Waals surface area contributed by atoms with E-state index < -0.39 is 17.9 Å². The summed E-state index contributed by atoms with van der Waals surface area (Å²) >= 11 is 0. The van der Waals surface area contributed by atoms with E-state index >= 15 is 0 Å². The summed E-state index contributed by atoms with van der Waals surface area (Å²) in [5.41, 5.74) is 0. The molecule has 1 aliphatic heterocycles. The van der Waals surface area contributed by atoms with Gasteiger partial charge in [0.05, 0.1) is 0 Å². The first kappa shape index (κ1) is 13.1. The monoisotopic (exact) mass is 242 g/mol. The van der Waals surface area contributed by atoms with Crippen LogP contribution in [0.3, 0.4) is 0 Å².